The van der Waals surface area contributed by atoms with Crippen LogP contribution in [0.15, 0.2) is 12.1 Å². The number of anilines is 1. The lowest BCUT2D eigenvalue weighted by Gasteiger charge is -2.11. The maximum absolute atomic E-state index is 13.1. The fraction of sp³-hybridized carbons (Fsp3) is 0.222. The first-order chi connectivity index (χ1) is 7.74. The number of nitrogens with two attached hydrogens (primary N) is 1. The van der Waals surface area contributed by atoms with E-state index in [1.54, 1.807) is 0 Å². The van der Waals surface area contributed by atoms with Crippen LogP contribution in [0.5, 0.6) is 5.75 Å². The zero-order valence-corrected chi connectivity index (χ0v) is 8.47. The van der Waals surface area contributed by atoms with E-state index in [0.717, 1.165) is 7.11 Å². The quantitative estimate of drug-likeness (QED) is 0.498. The van der Waals surface area contributed by atoms with Crippen LogP contribution in [-0.4, -0.2) is 19.4 Å². The Labute approximate surface area is 92.9 Å². The van der Waals surface area contributed by atoms with Gasteiger partial charge in [-0.05, 0) is 6.07 Å². The monoisotopic (exact) mass is 253 g/mol. The summed E-state index contributed by atoms with van der Waals surface area (Å²) in [6.07, 6.45) is -4.99. The number of halogens is 4. The first-order valence-electron chi connectivity index (χ1n) is 4.17. The highest BCUT2D eigenvalue weighted by Crippen LogP contribution is 2.28. The zero-order chi connectivity index (χ0) is 13.2. The molecule has 0 aliphatic heterocycles. The van der Waals surface area contributed by atoms with Gasteiger partial charge in [-0.2, -0.15) is 0 Å². The SMILES string of the molecule is COC(=O)c1cc(OC(F)(F)F)cc(F)c1N. The highest BCUT2D eigenvalue weighted by Gasteiger charge is 2.32. The third-order valence-corrected chi connectivity index (χ3v) is 1.74. The van der Waals surface area contributed by atoms with E-state index < -0.39 is 35.1 Å². The first-order valence-corrected chi connectivity index (χ1v) is 4.17. The highest BCUT2D eigenvalue weighted by molar-refractivity contribution is 5.95. The zero-order valence-electron chi connectivity index (χ0n) is 8.47. The lowest BCUT2D eigenvalue weighted by Crippen LogP contribution is -2.18. The molecule has 0 aromatic heterocycles. The van der Waals surface area contributed by atoms with Gasteiger partial charge >= 0.3 is 12.3 Å². The number of methoxy groups -OCH3 is 1. The molecule has 0 saturated heterocycles. The maximum atomic E-state index is 13.1. The van der Waals surface area contributed by atoms with E-state index in [-0.39, 0.29) is 0 Å². The molecule has 0 fully saturated rings. The van der Waals surface area contributed by atoms with Gasteiger partial charge in [-0.15, -0.1) is 13.2 Å². The molecule has 1 aromatic carbocycles. The molecule has 0 heterocycles. The van der Waals surface area contributed by atoms with E-state index in [1.165, 1.54) is 0 Å². The summed E-state index contributed by atoms with van der Waals surface area (Å²) in [6.45, 7) is 0. The van der Waals surface area contributed by atoms with Gasteiger partial charge in [0.25, 0.3) is 0 Å². The molecule has 0 radical (unpaired) electrons. The van der Waals surface area contributed by atoms with Crippen LogP contribution >= 0.6 is 0 Å². The van der Waals surface area contributed by atoms with Gasteiger partial charge in [0.15, 0.2) is 5.82 Å². The van der Waals surface area contributed by atoms with Crippen molar-refractivity contribution in [3.8, 4) is 5.75 Å². The van der Waals surface area contributed by atoms with Gasteiger partial charge in [-0.1, -0.05) is 0 Å². The fourth-order valence-corrected chi connectivity index (χ4v) is 1.06. The molecular formula is C9H7F4NO3. The molecule has 1 aromatic rings. The number of carbonyl (C=O) groups is 1. The van der Waals surface area contributed by atoms with Crippen LogP contribution in [-0.2, 0) is 4.74 Å². The van der Waals surface area contributed by atoms with Crippen LogP contribution in [0.4, 0.5) is 23.2 Å². The van der Waals surface area contributed by atoms with Crippen molar-refractivity contribution in [2.45, 2.75) is 6.36 Å². The summed E-state index contributed by atoms with van der Waals surface area (Å²) in [5, 5.41) is 0. The summed E-state index contributed by atoms with van der Waals surface area (Å²) in [5.74, 6) is -3.15. The number of nitrogen functional groups attached to an aromatic ring is 1. The van der Waals surface area contributed by atoms with E-state index in [4.69, 9.17) is 5.73 Å². The predicted octanol–water partition coefficient (Wildman–Crippen LogP) is 2.09. The molecule has 2 N–H and O–H groups in total. The van der Waals surface area contributed by atoms with Crippen molar-refractivity contribution < 1.29 is 31.8 Å². The highest BCUT2D eigenvalue weighted by atomic mass is 19.4. The van der Waals surface area contributed by atoms with Crippen LogP contribution in [0.25, 0.3) is 0 Å². The Morgan fingerprint density at radius 3 is 2.41 bits per heavy atom. The van der Waals surface area contributed by atoms with Gasteiger partial charge < -0.3 is 15.2 Å². The van der Waals surface area contributed by atoms with Gasteiger partial charge in [0, 0.05) is 6.07 Å². The summed E-state index contributed by atoms with van der Waals surface area (Å²) in [5.41, 5.74) is 4.04. The van der Waals surface area contributed by atoms with Crippen molar-refractivity contribution in [1.82, 2.24) is 0 Å². The smallest absolute Gasteiger partial charge is 0.465 e. The average Bonchev–Trinajstić information content (AvgIpc) is 2.19. The van der Waals surface area contributed by atoms with Crippen molar-refractivity contribution >= 4 is 11.7 Å². The minimum absolute atomic E-state index is 0.426. The molecule has 0 unspecified atom stereocenters. The molecule has 8 heteroatoms. The average molecular weight is 253 g/mol. The number of carbonyl (C=O) groups excluding carboxylic acids is 1. The molecule has 4 nitrogen and oxygen atoms in total. The summed E-state index contributed by atoms with van der Waals surface area (Å²) in [7, 11) is 0.983. The number of rotatable bonds is 2. The van der Waals surface area contributed by atoms with Gasteiger partial charge in [0.1, 0.15) is 5.75 Å². The van der Waals surface area contributed by atoms with Crippen LogP contribution in [0.2, 0.25) is 0 Å². The summed E-state index contributed by atoms with van der Waals surface area (Å²) >= 11 is 0. The van der Waals surface area contributed by atoms with Gasteiger partial charge in [0.05, 0.1) is 18.4 Å². The largest absolute Gasteiger partial charge is 0.573 e. The van der Waals surface area contributed by atoms with Crippen molar-refractivity contribution in [2.75, 3.05) is 12.8 Å². The van der Waals surface area contributed by atoms with Gasteiger partial charge in [-0.25, -0.2) is 9.18 Å². The van der Waals surface area contributed by atoms with Crippen LogP contribution < -0.4 is 10.5 Å². The number of ether oxygens (including phenoxy) is 2. The Balaban J connectivity index is 3.19. The second-order valence-electron chi connectivity index (χ2n) is 2.91. The summed E-state index contributed by atoms with van der Waals surface area (Å²) < 4.78 is 56.5. The molecule has 0 amide bonds. The fourth-order valence-electron chi connectivity index (χ4n) is 1.06. The third kappa shape index (κ3) is 3.23. The van der Waals surface area contributed by atoms with Crippen molar-refractivity contribution in [2.24, 2.45) is 0 Å². The molecule has 0 atom stereocenters. The third-order valence-electron chi connectivity index (χ3n) is 1.74. The standard InChI is InChI=1S/C9H7F4NO3/c1-16-8(15)5-2-4(17-9(11,12)13)3-6(10)7(5)14/h2-3H,14H2,1H3. The van der Waals surface area contributed by atoms with Crippen molar-refractivity contribution in [3.05, 3.63) is 23.5 Å². The van der Waals surface area contributed by atoms with E-state index >= 15 is 0 Å². The topological polar surface area (TPSA) is 61.5 Å². The van der Waals surface area contributed by atoms with Crippen molar-refractivity contribution in [3.63, 3.8) is 0 Å². The molecule has 0 aliphatic rings. The number of hydrogen-bond acceptors (Lipinski definition) is 4. The van der Waals surface area contributed by atoms with E-state index in [0.29, 0.717) is 12.1 Å². The Morgan fingerprint density at radius 1 is 1.35 bits per heavy atom. The molecule has 0 bridgehead atoms. The molecule has 17 heavy (non-hydrogen) atoms. The van der Waals surface area contributed by atoms with Crippen LogP contribution in [0, 0.1) is 5.82 Å². The normalized spacial score (nSPS) is 11.1. The number of hydrogen-bond donors (Lipinski definition) is 1. The molecule has 1 rings (SSSR count). The van der Waals surface area contributed by atoms with Gasteiger partial charge in [0.2, 0.25) is 0 Å². The molecule has 0 aliphatic carbocycles. The Hall–Kier alpha value is -1.99. The predicted molar refractivity (Wildman–Crippen MR) is 48.8 cm³/mol. The molecular weight excluding hydrogens is 246 g/mol. The lowest BCUT2D eigenvalue weighted by atomic mass is 10.1. The van der Waals surface area contributed by atoms with Crippen LogP contribution in [0.3, 0.4) is 0 Å². The Morgan fingerprint density at radius 2 is 1.94 bits per heavy atom. The second-order valence-corrected chi connectivity index (χ2v) is 2.91. The van der Waals surface area contributed by atoms with Crippen LogP contribution in [0.1, 0.15) is 10.4 Å². The molecule has 0 spiro atoms. The minimum atomic E-state index is -4.99. The van der Waals surface area contributed by atoms with Gasteiger partial charge in [-0.3, -0.25) is 0 Å². The summed E-state index contributed by atoms with van der Waals surface area (Å²) in [4.78, 5) is 11.1. The van der Waals surface area contributed by atoms with Crippen molar-refractivity contribution in [1.29, 1.82) is 0 Å². The Bertz CT molecular complexity index is 445. The van der Waals surface area contributed by atoms with E-state index in [2.05, 4.69) is 9.47 Å². The van der Waals surface area contributed by atoms with E-state index in [1.807, 2.05) is 0 Å². The minimum Gasteiger partial charge on any atom is -0.465 e. The second kappa shape index (κ2) is 4.48. The lowest BCUT2D eigenvalue weighted by molar-refractivity contribution is -0.274. The first kappa shape index (κ1) is 13.1. The number of alkyl halides is 3. The molecule has 0 saturated carbocycles. The maximum Gasteiger partial charge on any atom is 0.573 e. The Kier molecular flexibility index (Phi) is 3.45. The number of esters is 1. The molecule has 94 valence electrons. The summed E-state index contributed by atoms with van der Waals surface area (Å²) in [6, 6.07) is 1.08. The van der Waals surface area contributed by atoms with E-state index in [9.17, 15) is 22.4 Å². The number of benzene rings is 1.